The van der Waals surface area contributed by atoms with Gasteiger partial charge in [0.15, 0.2) is 5.11 Å². The number of ether oxygens (including phenoxy) is 2. The largest absolute Gasteiger partial charge is 0.496 e. The summed E-state index contributed by atoms with van der Waals surface area (Å²) in [5.41, 5.74) is 2.33. The number of benzene rings is 2. The molecule has 0 saturated carbocycles. The maximum atomic E-state index is 12.7. The Morgan fingerprint density at radius 3 is 2.14 bits per heavy atom. The zero-order chi connectivity index (χ0) is 19.9. The highest BCUT2D eigenvalue weighted by Gasteiger charge is 2.19. The van der Waals surface area contributed by atoms with Crippen LogP contribution >= 0.6 is 12.2 Å². The van der Waals surface area contributed by atoms with Gasteiger partial charge in [-0.3, -0.25) is 10.1 Å². The molecule has 1 aliphatic rings. The van der Waals surface area contributed by atoms with Gasteiger partial charge in [-0.05, 0) is 67.9 Å². The van der Waals surface area contributed by atoms with E-state index < -0.39 is 5.91 Å². The molecule has 0 bridgehead atoms. The van der Waals surface area contributed by atoms with Crippen LogP contribution < -0.4 is 25.0 Å². The Bertz CT molecular complexity index is 811. The van der Waals surface area contributed by atoms with Crippen molar-refractivity contribution in [2.45, 2.75) is 19.3 Å². The number of anilines is 2. The van der Waals surface area contributed by atoms with Crippen LogP contribution in [-0.4, -0.2) is 38.3 Å². The Balaban J connectivity index is 1.63. The van der Waals surface area contributed by atoms with Gasteiger partial charge in [0.05, 0.1) is 14.2 Å². The Kier molecular flexibility index (Phi) is 6.71. The number of carbonyl (C=O) groups is 1. The lowest BCUT2D eigenvalue weighted by Gasteiger charge is -2.28. The fraction of sp³-hybridized carbons (Fsp3) is 0.333. The average Bonchev–Trinajstić information content (AvgIpc) is 2.74. The van der Waals surface area contributed by atoms with Crippen LogP contribution in [0.3, 0.4) is 0 Å². The Hall–Kier alpha value is -2.80. The summed E-state index contributed by atoms with van der Waals surface area (Å²) in [7, 11) is 3.01. The van der Waals surface area contributed by atoms with Gasteiger partial charge in [-0.25, -0.2) is 0 Å². The lowest BCUT2D eigenvalue weighted by molar-refractivity contribution is 0.0971. The van der Waals surface area contributed by atoms with Gasteiger partial charge in [0.2, 0.25) is 0 Å². The molecule has 1 fully saturated rings. The molecular formula is C21H25N3O3S. The maximum absolute atomic E-state index is 12.7. The molecule has 1 heterocycles. The standard InChI is InChI=1S/C21H25N3O3S/c1-26-17-7-6-8-18(27-2)19(17)20(25)23-21(28)22-15-9-11-16(12-10-15)24-13-4-3-5-14-24/h6-12H,3-5,13-14H2,1-2H3,(H2,22,23,25,28). The molecule has 7 heteroatoms. The maximum Gasteiger partial charge on any atom is 0.264 e. The summed E-state index contributed by atoms with van der Waals surface area (Å²) in [6.07, 6.45) is 3.78. The van der Waals surface area contributed by atoms with E-state index in [0.29, 0.717) is 17.1 Å². The quantitative estimate of drug-likeness (QED) is 0.746. The molecule has 0 radical (unpaired) electrons. The molecule has 1 amide bonds. The topological polar surface area (TPSA) is 62.8 Å². The molecular weight excluding hydrogens is 374 g/mol. The first-order chi connectivity index (χ1) is 13.6. The first kappa shape index (κ1) is 19.9. The van der Waals surface area contributed by atoms with E-state index in [1.54, 1.807) is 18.2 Å². The van der Waals surface area contributed by atoms with Crippen molar-refractivity contribution < 1.29 is 14.3 Å². The summed E-state index contributed by atoms with van der Waals surface area (Å²) < 4.78 is 10.5. The monoisotopic (exact) mass is 399 g/mol. The minimum Gasteiger partial charge on any atom is -0.496 e. The molecule has 0 atom stereocenters. The third-order valence-corrected chi connectivity index (χ3v) is 4.93. The van der Waals surface area contributed by atoms with E-state index in [1.807, 2.05) is 12.1 Å². The van der Waals surface area contributed by atoms with Crippen molar-refractivity contribution in [2.24, 2.45) is 0 Å². The molecule has 6 nitrogen and oxygen atoms in total. The van der Waals surface area contributed by atoms with E-state index in [4.69, 9.17) is 21.7 Å². The van der Waals surface area contributed by atoms with Crippen LogP contribution in [0.5, 0.6) is 11.5 Å². The van der Waals surface area contributed by atoms with E-state index in [0.717, 1.165) is 18.8 Å². The smallest absolute Gasteiger partial charge is 0.264 e. The van der Waals surface area contributed by atoms with Crippen LogP contribution in [0.4, 0.5) is 11.4 Å². The minimum atomic E-state index is -0.392. The molecule has 0 unspecified atom stereocenters. The summed E-state index contributed by atoms with van der Waals surface area (Å²) in [4.78, 5) is 15.1. The van der Waals surface area contributed by atoms with Crippen molar-refractivity contribution in [3.05, 3.63) is 48.0 Å². The van der Waals surface area contributed by atoms with E-state index in [2.05, 4.69) is 27.7 Å². The third kappa shape index (κ3) is 4.72. The van der Waals surface area contributed by atoms with Gasteiger partial charge >= 0.3 is 0 Å². The van der Waals surface area contributed by atoms with Crippen molar-refractivity contribution in [3.63, 3.8) is 0 Å². The summed E-state index contributed by atoms with van der Waals surface area (Å²) in [6.45, 7) is 2.20. The number of carbonyl (C=O) groups excluding carboxylic acids is 1. The molecule has 2 N–H and O–H groups in total. The molecule has 0 aromatic heterocycles. The summed E-state index contributed by atoms with van der Waals surface area (Å²) in [6, 6.07) is 13.2. The van der Waals surface area contributed by atoms with E-state index in [-0.39, 0.29) is 5.11 Å². The molecule has 2 aromatic rings. The molecule has 28 heavy (non-hydrogen) atoms. The first-order valence-electron chi connectivity index (χ1n) is 9.30. The van der Waals surface area contributed by atoms with Crippen molar-refractivity contribution in [2.75, 3.05) is 37.5 Å². The Labute approximate surface area is 170 Å². The zero-order valence-electron chi connectivity index (χ0n) is 16.2. The number of hydrogen-bond acceptors (Lipinski definition) is 5. The van der Waals surface area contributed by atoms with Crippen LogP contribution in [0.25, 0.3) is 0 Å². The predicted molar refractivity (Wildman–Crippen MR) is 116 cm³/mol. The number of rotatable bonds is 5. The summed E-state index contributed by atoms with van der Waals surface area (Å²) >= 11 is 5.29. The first-order valence-corrected chi connectivity index (χ1v) is 9.71. The summed E-state index contributed by atoms with van der Waals surface area (Å²) in [5.74, 6) is 0.452. The number of methoxy groups -OCH3 is 2. The van der Waals surface area contributed by atoms with Gasteiger partial charge in [0.25, 0.3) is 5.91 Å². The number of nitrogens with zero attached hydrogens (tertiary/aromatic N) is 1. The molecule has 148 valence electrons. The second-order valence-electron chi connectivity index (χ2n) is 6.54. The number of piperidine rings is 1. The van der Waals surface area contributed by atoms with E-state index in [9.17, 15) is 4.79 Å². The molecule has 0 aliphatic carbocycles. The van der Waals surface area contributed by atoms with Crippen LogP contribution in [-0.2, 0) is 0 Å². The van der Waals surface area contributed by atoms with Gasteiger partial charge in [0, 0.05) is 24.5 Å². The third-order valence-electron chi connectivity index (χ3n) is 4.73. The minimum absolute atomic E-state index is 0.212. The Morgan fingerprint density at radius 1 is 0.964 bits per heavy atom. The molecule has 0 spiro atoms. The lowest BCUT2D eigenvalue weighted by Crippen LogP contribution is -2.34. The zero-order valence-corrected chi connectivity index (χ0v) is 17.0. The number of amides is 1. The van der Waals surface area contributed by atoms with Crippen molar-refractivity contribution in [1.82, 2.24) is 5.32 Å². The molecule has 3 rings (SSSR count). The second-order valence-corrected chi connectivity index (χ2v) is 6.95. The number of nitrogens with one attached hydrogen (secondary N) is 2. The highest BCUT2D eigenvalue weighted by Crippen LogP contribution is 2.28. The highest BCUT2D eigenvalue weighted by atomic mass is 32.1. The van der Waals surface area contributed by atoms with E-state index in [1.165, 1.54) is 39.2 Å². The van der Waals surface area contributed by atoms with Gasteiger partial charge in [-0.1, -0.05) is 6.07 Å². The predicted octanol–water partition coefficient (Wildman–Crippen LogP) is 3.82. The molecule has 1 saturated heterocycles. The number of thiocarbonyl (C=S) groups is 1. The normalized spacial score (nSPS) is 13.6. The summed E-state index contributed by atoms with van der Waals surface area (Å²) in [5, 5.41) is 5.94. The SMILES string of the molecule is COc1cccc(OC)c1C(=O)NC(=S)Nc1ccc(N2CCCCC2)cc1. The van der Waals surface area contributed by atoms with Crippen molar-refractivity contribution in [3.8, 4) is 11.5 Å². The molecule has 1 aliphatic heterocycles. The van der Waals surface area contributed by atoms with E-state index >= 15 is 0 Å². The highest BCUT2D eigenvalue weighted by molar-refractivity contribution is 7.80. The number of hydrogen-bond donors (Lipinski definition) is 2. The van der Waals surface area contributed by atoms with Crippen molar-refractivity contribution in [1.29, 1.82) is 0 Å². The van der Waals surface area contributed by atoms with Crippen LogP contribution in [0.1, 0.15) is 29.6 Å². The van der Waals surface area contributed by atoms with Gasteiger partial charge in [-0.2, -0.15) is 0 Å². The van der Waals surface area contributed by atoms with Gasteiger partial charge < -0.3 is 19.7 Å². The second kappa shape index (κ2) is 9.41. The Morgan fingerprint density at radius 2 is 1.57 bits per heavy atom. The lowest BCUT2D eigenvalue weighted by atomic mass is 10.1. The van der Waals surface area contributed by atoms with Crippen molar-refractivity contribution >= 4 is 34.6 Å². The molecule has 2 aromatic carbocycles. The fourth-order valence-corrected chi connectivity index (χ4v) is 3.52. The van der Waals surface area contributed by atoms with Crippen LogP contribution in [0, 0.1) is 0 Å². The van der Waals surface area contributed by atoms with Gasteiger partial charge in [-0.15, -0.1) is 0 Å². The van der Waals surface area contributed by atoms with Gasteiger partial charge in [0.1, 0.15) is 17.1 Å². The van der Waals surface area contributed by atoms with Crippen LogP contribution in [0.15, 0.2) is 42.5 Å². The fourth-order valence-electron chi connectivity index (χ4n) is 3.31. The average molecular weight is 400 g/mol. The van der Waals surface area contributed by atoms with Crippen LogP contribution in [0.2, 0.25) is 0 Å².